The van der Waals surface area contributed by atoms with E-state index in [-0.39, 0.29) is 43.4 Å². The Kier molecular flexibility index (Phi) is 6.69. The molecule has 0 saturated carbocycles. The molecule has 0 spiro atoms. The van der Waals surface area contributed by atoms with Crippen molar-refractivity contribution in [2.45, 2.75) is 12.8 Å². The summed E-state index contributed by atoms with van der Waals surface area (Å²) in [7, 11) is 1.56. The van der Waals surface area contributed by atoms with Crippen LogP contribution in [-0.2, 0) is 9.59 Å². The third kappa shape index (κ3) is 5.38. The van der Waals surface area contributed by atoms with Crippen LogP contribution in [0, 0.1) is 0 Å². The SMILES string of the molecule is COc1cccc(/C=C2\Oc3cc(OCC(=O)NCCCC(=O)[O-])ccc3C2=O)c1. The molecule has 1 amide bonds. The fraction of sp³-hybridized carbons (Fsp3) is 0.227. The molecule has 0 aromatic heterocycles. The summed E-state index contributed by atoms with van der Waals surface area (Å²) in [5.74, 6) is -0.223. The van der Waals surface area contributed by atoms with E-state index in [1.54, 1.807) is 43.5 Å². The van der Waals surface area contributed by atoms with Gasteiger partial charge in [-0.3, -0.25) is 9.59 Å². The van der Waals surface area contributed by atoms with Gasteiger partial charge in [-0.15, -0.1) is 0 Å². The molecular formula is C22H20NO7-. The fourth-order valence-corrected chi connectivity index (χ4v) is 2.80. The van der Waals surface area contributed by atoms with Crippen molar-refractivity contribution in [3.8, 4) is 17.2 Å². The average Bonchev–Trinajstić information content (AvgIpc) is 3.04. The Labute approximate surface area is 173 Å². The number of benzene rings is 2. The molecule has 30 heavy (non-hydrogen) atoms. The van der Waals surface area contributed by atoms with Crippen LogP contribution in [0.3, 0.4) is 0 Å². The number of aliphatic carboxylic acids is 1. The minimum atomic E-state index is -1.16. The lowest BCUT2D eigenvalue weighted by Crippen LogP contribution is -2.31. The molecule has 8 heteroatoms. The molecule has 0 saturated heterocycles. The molecule has 0 unspecified atom stereocenters. The minimum Gasteiger partial charge on any atom is -0.550 e. The number of nitrogens with one attached hydrogen (secondary N) is 1. The van der Waals surface area contributed by atoms with E-state index in [1.807, 2.05) is 12.1 Å². The van der Waals surface area contributed by atoms with E-state index in [0.29, 0.717) is 22.8 Å². The summed E-state index contributed by atoms with van der Waals surface area (Å²) in [5, 5.41) is 12.9. The van der Waals surface area contributed by atoms with Gasteiger partial charge in [0.1, 0.15) is 17.2 Å². The summed E-state index contributed by atoms with van der Waals surface area (Å²) in [4.78, 5) is 34.6. The van der Waals surface area contributed by atoms with Crippen molar-refractivity contribution in [1.82, 2.24) is 5.32 Å². The topological polar surface area (TPSA) is 114 Å². The molecule has 1 aliphatic rings. The molecule has 0 radical (unpaired) electrons. The number of hydrogen-bond acceptors (Lipinski definition) is 7. The van der Waals surface area contributed by atoms with Crippen LogP contribution in [0.15, 0.2) is 48.2 Å². The first kappa shape index (κ1) is 20.9. The zero-order valence-electron chi connectivity index (χ0n) is 16.3. The van der Waals surface area contributed by atoms with E-state index in [1.165, 1.54) is 0 Å². The Morgan fingerprint density at radius 1 is 1.17 bits per heavy atom. The number of hydrogen-bond donors (Lipinski definition) is 1. The van der Waals surface area contributed by atoms with Gasteiger partial charge in [0.05, 0.1) is 12.7 Å². The highest BCUT2D eigenvalue weighted by molar-refractivity contribution is 6.14. The first-order chi connectivity index (χ1) is 14.5. The fourth-order valence-electron chi connectivity index (χ4n) is 2.80. The molecule has 1 aliphatic heterocycles. The Balaban J connectivity index is 1.59. The van der Waals surface area contributed by atoms with Crippen LogP contribution in [0.25, 0.3) is 6.08 Å². The first-order valence-corrected chi connectivity index (χ1v) is 9.28. The Morgan fingerprint density at radius 3 is 2.77 bits per heavy atom. The molecule has 156 valence electrons. The van der Waals surface area contributed by atoms with Crippen LogP contribution in [0.5, 0.6) is 17.2 Å². The highest BCUT2D eigenvalue weighted by Gasteiger charge is 2.27. The normalized spacial score (nSPS) is 13.5. The van der Waals surface area contributed by atoms with Crippen molar-refractivity contribution in [3.63, 3.8) is 0 Å². The number of carboxylic acid groups (broad SMARTS) is 1. The quantitative estimate of drug-likeness (QED) is 0.490. The zero-order valence-corrected chi connectivity index (χ0v) is 16.3. The lowest BCUT2D eigenvalue weighted by molar-refractivity contribution is -0.305. The Morgan fingerprint density at radius 2 is 2.00 bits per heavy atom. The number of carbonyl (C=O) groups excluding carboxylic acids is 3. The van der Waals surface area contributed by atoms with E-state index in [9.17, 15) is 19.5 Å². The van der Waals surface area contributed by atoms with Crippen molar-refractivity contribution in [3.05, 3.63) is 59.4 Å². The van der Waals surface area contributed by atoms with Crippen molar-refractivity contribution < 1.29 is 33.7 Å². The van der Waals surface area contributed by atoms with Crippen LogP contribution < -0.4 is 24.6 Å². The second-order valence-electron chi connectivity index (χ2n) is 6.49. The highest BCUT2D eigenvalue weighted by Crippen LogP contribution is 2.35. The standard InChI is InChI=1S/C22H21NO7/c1-28-15-5-2-4-14(10-15)11-19-22(27)17-8-7-16(12-18(17)30-19)29-13-20(24)23-9-3-6-21(25)26/h2,4-5,7-8,10-12H,3,6,9,13H2,1H3,(H,23,24)(H,25,26)/p-1/b19-11-. The molecule has 0 atom stereocenters. The predicted octanol–water partition coefficient (Wildman–Crippen LogP) is 1.34. The summed E-state index contributed by atoms with van der Waals surface area (Å²) in [6, 6.07) is 11.9. The molecule has 0 aliphatic carbocycles. The third-order valence-electron chi connectivity index (χ3n) is 4.28. The predicted molar refractivity (Wildman–Crippen MR) is 105 cm³/mol. The minimum absolute atomic E-state index is 0.122. The van der Waals surface area contributed by atoms with Gasteiger partial charge in [0, 0.05) is 18.6 Å². The number of Topliss-reactive ketones (excluding diaryl/α,β-unsaturated/α-hetero) is 1. The lowest BCUT2D eigenvalue weighted by Gasteiger charge is -2.08. The molecular weight excluding hydrogens is 390 g/mol. The van der Waals surface area contributed by atoms with Gasteiger partial charge in [0.2, 0.25) is 5.78 Å². The number of ketones is 1. The van der Waals surface area contributed by atoms with Crippen molar-refractivity contribution >= 4 is 23.7 Å². The van der Waals surface area contributed by atoms with Crippen molar-refractivity contribution in [2.24, 2.45) is 0 Å². The number of amides is 1. The second kappa shape index (κ2) is 9.60. The molecule has 1 heterocycles. The number of carboxylic acids is 1. The number of methoxy groups -OCH3 is 1. The molecule has 0 bridgehead atoms. The Hall–Kier alpha value is -3.81. The zero-order chi connectivity index (χ0) is 21.5. The van der Waals surface area contributed by atoms with Gasteiger partial charge in [0.15, 0.2) is 12.4 Å². The summed E-state index contributed by atoms with van der Waals surface area (Å²) in [6.45, 7) is -0.0268. The largest absolute Gasteiger partial charge is 0.550 e. The summed E-state index contributed by atoms with van der Waals surface area (Å²) in [5.41, 5.74) is 1.17. The molecule has 0 fully saturated rings. The van der Waals surface area contributed by atoms with Gasteiger partial charge in [-0.05, 0) is 48.7 Å². The van der Waals surface area contributed by atoms with Crippen molar-refractivity contribution in [2.75, 3.05) is 20.3 Å². The molecule has 8 nitrogen and oxygen atoms in total. The summed E-state index contributed by atoms with van der Waals surface area (Å²) < 4.78 is 16.3. The summed E-state index contributed by atoms with van der Waals surface area (Å²) in [6.07, 6.45) is 1.79. The van der Waals surface area contributed by atoms with Gasteiger partial charge < -0.3 is 29.4 Å². The number of fused-ring (bicyclic) bond motifs is 1. The first-order valence-electron chi connectivity index (χ1n) is 9.28. The van der Waals surface area contributed by atoms with Gasteiger partial charge in [-0.1, -0.05) is 12.1 Å². The maximum atomic E-state index is 12.6. The van der Waals surface area contributed by atoms with Gasteiger partial charge in [-0.2, -0.15) is 0 Å². The lowest BCUT2D eigenvalue weighted by atomic mass is 10.1. The van der Waals surface area contributed by atoms with E-state index in [2.05, 4.69) is 5.32 Å². The maximum Gasteiger partial charge on any atom is 0.257 e. The van der Waals surface area contributed by atoms with Crippen LogP contribution in [-0.4, -0.2) is 37.9 Å². The van der Waals surface area contributed by atoms with Crippen molar-refractivity contribution in [1.29, 1.82) is 0 Å². The molecule has 1 N–H and O–H groups in total. The van der Waals surface area contributed by atoms with E-state index < -0.39 is 5.97 Å². The van der Waals surface area contributed by atoms with Gasteiger partial charge >= 0.3 is 0 Å². The van der Waals surface area contributed by atoms with E-state index in [4.69, 9.17) is 14.2 Å². The number of carbonyl (C=O) groups is 3. The average molecular weight is 410 g/mol. The van der Waals surface area contributed by atoms with Crippen LogP contribution >= 0.6 is 0 Å². The molecule has 2 aromatic carbocycles. The third-order valence-corrected chi connectivity index (χ3v) is 4.28. The van der Waals surface area contributed by atoms with Crippen LogP contribution in [0.1, 0.15) is 28.8 Å². The monoisotopic (exact) mass is 410 g/mol. The van der Waals surface area contributed by atoms with Gasteiger partial charge in [-0.25, -0.2) is 0 Å². The summed E-state index contributed by atoms with van der Waals surface area (Å²) >= 11 is 0. The number of ether oxygens (including phenoxy) is 3. The van der Waals surface area contributed by atoms with E-state index >= 15 is 0 Å². The second-order valence-corrected chi connectivity index (χ2v) is 6.49. The maximum absolute atomic E-state index is 12.6. The molecule has 2 aromatic rings. The van der Waals surface area contributed by atoms with Gasteiger partial charge in [0.25, 0.3) is 5.91 Å². The Bertz CT molecular complexity index is 997. The van der Waals surface area contributed by atoms with E-state index in [0.717, 1.165) is 5.56 Å². The van der Waals surface area contributed by atoms with Crippen LogP contribution in [0.2, 0.25) is 0 Å². The van der Waals surface area contributed by atoms with Crippen LogP contribution in [0.4, 0.5) is 0 Å². The molecule has 3 rings (SSSR count). The highest BCUT2D eigenvalue weighted by atomic mass is 16.5. The number of rotatable bonds is 9. The smallest absolute Gasteiger partial charge is 0.257 e. The number of allylic oxidation sites excluding steroid dienone is 1.